The fourth-order valence-electron chi connectivity index (χ4n) is 2.94. The number of ether oxygens (including phenoxy) is 1. The number of amides is 3. The summed E-state index contributed by atoms with van der Waals surface area (Å²) in [6.45, 7) is 0. The van der Waals surface area contributed by atoms with Gasteiger partial charge in [0.15, 0.2) is 0 Å². The Morgan fingerprint density at radius 2 is 1.31 bits per heavy atom. The lowest BCUT2D eigenvalue weighted by Gasteiger charge is -2.23. The van der Waals surface area contributed by atoms with Gasteiger partial charge in [-0.2, -0.15) is 0 Å². The monoisotopic (exact) mass is 442 g/mol. The summed E-state index contributed by atoms with van der Waals surface area (Å²) in [5.74, 6) is -1.29. The molecule has 0 aromatic heterocycles. The first-order valence-electron chi connectivity index (χ1n) is 10.1. The standard InChI is InChI=1S/C23H30N4O5/c1-25(2)17-8-6-16(7-9-17)24-23(31)27(19-12-10-18(11-13-19)26(3)4)21(29)14-20(28)15-22(30)32-5/h6-13,20,28H,14-15H2,1-5H3,(H,24,31)/t20-/m0/s1. The van der Waals surface area contributed by atoms with E-state index < -0.39 is 30.4 Å². The Morgan fingerprint density at radius 1 is 0.844 bits per heavy atom. The van der Waals surface area contributed by atoms with Crippen LogP contribution in [0.4, 0.5) is 27.5 Å². The fraction of sp³-hybridized carbons (Fsp3) is 0.348. The fourth-order valence-corrected chi connectivity index (χ4v) is 2.94. The molecule has 172 valence electrons. The Balaban J connectivity index is 2.26. The first-order chi connectivity index (χ1) is 15.1. The molecule has 2 N–H and O–H groups in total. The van der Waals surface area contributed by atoms with Crippen LogP contribution in [0.15, 0.2) is 48.5 Å². The number of anilines is 4. The number of carbonyl (C=O) groups excluding carboxylic acids is 3. The SMILES string of the molecule is COC(=O)C[C@@H](O)CC(=O)N(C(=O)Nc1ccc(N(C)C)cc1)c1ccc(N(C)C)cc1. The van der Waals surface area contributed by atoms with Crippen LogP contribution >= 0.6 is 0 Å². The van der Waals surface area contributed by atoms with E-state index in [0.717, 1.165) is 16.3 Å². The van der Waals surface area contributed by atoms with E-state index >= 15 is 0 Å². The molecule has 2 aromatic carbocycles. The van der Waals surface area contributed by atoms with Gasteiger partial charge in [-0.3, -0.25) is 9.59 Å². The molecule has 1 atom stereocenters. The maximum atomic E-state index is 13.1. The molecule has 0 unspecified atom stereocenters. The molecule has 0 bridgehead atoms. The van der Waals surface area contributed by atoms with Crippen molar-refractivity contribution in [3.8, 4) is 0 Å². The highest BCUT2D eigenvalue weighted by molar-refractivity contribution is 6.18. The topological polar surface area (TPSA) is 102 Å². The molecule has 0 fully saturated rings. The second kappa shape index (κ2) is 11.1. The molecule has 0 aliphatic heterocycles. The number of imide groups is 1. The van der Waals surface area contributed by atoms with E-state index in [-0.39, 0.29) is 6.42 Å². The second-order valence-corrected chi connectivity index (χ2v) is 7.65. The number of hydrogen-bond acceptors (Lipinski definition) is 7. The van der Waals surface area contributed by atoms with Crippen LogP contribution in [-0.2, 0) is 14.3 Å². The maximum Gasteiger partial charge on any atom is 0.333 e. The molecule has 0 aliphatic rings. The normalized spacial score (nSPS) is 11.3. The molecule has 3 amide bonds. The van der Waals surface area contributed by atoms with E-state index in [1.807, 2.05) is 50.1 Å². The minimum Gasteiger partial charge on any atom is -0.469 e. The van der Waals surface area contributed by atoms with E-state index in [0.29, 0.717) is 11.4 Å². The Bertz CT molecular complexity index is 926. The number of aliphatic hydroxyl groups is 1. The predicted molar refractivity (Wildman–Crippen MR) is 125 cm³/mol. The van der Waals surface area contributed by atoms with Crippen molar-refractivity contribution < 1.29 is 24.2 Å². The molecule has 0 saturated heterocycles. The van der Waals surface area contributed by atoms with E-state index in [2.05, 4.69) is 10.1 Å². The van der Waals surface area contributed by atoms with Gasteiger partial charge in [-0.05, 0) is 48.5 Å². The lowest BCUT2D eigenvalue weighted by Crippen LogP contribution is -2.41. The summed E-state index contributed by atoms with van der Waals surface area (Å²) >= 11 is 0. The second-order valence-electron chi connectivity index (χ2n) is 7.65. The molecule has 2 aromatic rings. The molecule has 0 spiro atoms. The van der Waals surface area contributed by atoms with E-state index in [1.165, 1.54) is 7.11 Å². The molecule has 0 heterocycles. The molecular weight excluding hydrogens is 412 g/mol. The van der Waals surface area contributed by atoms with Crippen molar-refractivity contribution in [1.29, 1.82) is 0 Å². The number of aliphatic hydroxyl groups excluding tert-OH is 1. The Morgan fingerprint density at radius 3 is 1.78 bits per heavy atom. The number of esters is 1. The van der Waals surface area contributed by atoms with Gasteiger partial charge in [-0.15, -0.1) is 0 Å². The van der Waals surface area contributed by atoms with Crippen molar-refractivity contribution in [2.75, 3.05) is 55.3 Å². The van der Waals surface area contributed by atoms with Crippen LogP contribution in [0.2, 0.25) is 0 Å². The highest BCUT2D eigenvalue weighted by atomic mass is 16.5. The number of nitrogens with one attached hydrogen (secondary N) is 1. The third kappa shape index (κ3) is 6.71. The molecule has 9 heteroatoms. The van der Waals surface area contributed by atoms with Crippen molar-refractivity contribution in [2.24, 2.45) is 0 Å². The largest absolute Gasteiger partial charge is 0.469 e. The van der Waals surface area contributed by atoms with Crippen LogP contribution in [-0.4, -0.2) is 64.4 Å². The van der Waals surface area contributed by atoms with Gasteiger partial charge in [-0.1, -0.05) is 0 Å². The molecule has 0 saturated carbocycles. The zero-order valence-electron chi connectivity index (χ0n) is 19.0. The lowest BCUT2D eigenvalue weighted by molar-refractivity contribution is -0.143. The van der Waals surface area contributed by atoms with Crippen molar-refractivity contribution in [1.82, 2.24) is 0 Å². The first-order valence-corrected chi connectivity index (χ1v) is 10.1. The summed E-state index contributed by atoms with van der Waals surface area (Å²) in [5.41, 5.74) is 2.71. The van der Waals surface area contributed by atoms with Crippen LogP contribution < -0.4 is 20.0 Å². The van der Waals surface area contributed by atoms with E-state index in [4.69, 9.17) is 0 Å². The van der Waals surface area contributed by atoms with Crippen LogP contribution in [0, 0.1) is 0 Å². The number of nitrogens with zero attached hydrogens (tertiary/aromatic N) is 3. The Labute approximate surface area is 188 Å². The lowest BCUT2D eigenvalue weighted by atomic mass is 10.1. The zero-order valence-corrected chi connectivity index (χ0v) is 19.0. The minimum atomic E-state index is -1.27. The van der Waals surface area contributed by atoms with Crippen LogP contribution in [0.25, 0.3) is 0 Å². The van der Waals surface area contributed by atoms with Gasteiger partial charge in [0.2, 0.25) is 5.91 Å². The summed E-state index contributed by atoms with van der Waals surface area (Å²) in [5, 5.41) is 12.8. The smallest absolute Gasteiger partial charge is 0.333 e. The third-order valence-corrected chi connectivity index (χ3v) is 4.75. The van der Waals surface area contributed by atoms with Gasteiger partial charge in [-0.25, -0.2) is 9.69 Å². The van der Waals surface area contributed by atoms with Gasteiger partial charge < -0.3 is 25.0 Å². The number of methoxy groups -OCH3 is 1. The van der Waals surface area contributed by atoms with Crippen LogP contribution in [0.1, 0.15) is 12.8 Å². The van der Waals surface area contributed by atoms with Crippen molar-refractivity contribution >= 4 is 40.7 Å². The highest BCUT2D eigenvalue weighted by Crippen LogP contribution is 2.23. The first kappa shape index (κ1) is 24.7. The van der Waals surface area contributed by atoms with E-state index in [9.17, 15) is 19.5 Å². The summed E-state index contributed by atoms with van der Waals surface area (Å²) in [6.07, 6.45) is -2.04. The van der Waals surface area contributed by atoms with E-state index in [1.54, 1.807) is 36.4 Å². The minimum absolute atomic E-state index is 0.341. The van der Waals surface area contributed by atoms with Gasteiger partial charge in [0, 0.05) is 45.3 Å². The predicted octanol–water partition coefficient (Wildman–Crippen LogP) is 2.70. The van der Waals surface area contributed by atoms with Gasteiger partial charge in [0.1, 0.15) is 0 Å². The van der Waals surface area contributed by atoms with Crippen molar-refractivity contribution in [3.63, 3.8) is 0 Å². The number of urea groups is 1. The van der Waals surface area contributed by atoms with Gasteiger partial charge in [0.25, 0.3) is 0 Å². The third-order valence-electron chi connectivity index (χ3n) is 4.75. The number of benzene rings is 2. The molecule has 0 radical (unpaired) electrons. The van der Waals surface area contributed by atoms with Crippen LogP contribution in [0.3, 0.4) is 0 Å². The molecule has 9 nitrogen and oxygen atoms in total. The summed E-state index contributed by atoms with van der Waals surface area (Å²) in [4.78, 5) is 42.2. The summed E-state index contributed by atoms with van der Waals surface area (Å²) in [7, 11) is 8.77. The Hall–Kier alpha value is -3.59. The zero-order chi connectivity index (χ0) is 23.8. The molecule has 2 rings (SSSR count). The quantitative estimate of drug-likeness (QED) is 0.606. The number of hydrogen-bond donors (Lipinski definition) is 2. The molecule has 0 aliphatic carbocycles. The average Bonchev–Trinajstić information content (AvgIpc) is 2.74. The van der Waals surface area contributed by atoms with Gasteiger partial charge in [0.05, 0.1) is 31.7 Å². The molecule has 32 heavy (non-hydrogen) atoms. The van der Waals surface area contributed by atoms with Crippen molar-refractivity contribution in [3.05, 3.63) is 48.5 Å². The average molecular weight is 443 g/mol. The van der Waals surface area contributed by atoms with Crippen molar-refractivity contribution in [2.45, 2.75) is 18.9 Å². The maximum absolute atomic E-state index is 13.1. The number of carbonyl (C=O) groups is 3. The molecular formula is C23H30N4O5. The summed E-state index contributed by atoms with van der Waals surface area (Å²) in [6, 6.07) is 13.3. The van der Waals surface area contributed by atoms with Gasteiger partial charge >= 0.3 is 12.0 Å². The van der Waals surface area contributed by atoms with Crippen LogP contribution in [0.5, 0.6) is 0 Å². The Kier molecular flexibility index (Phi) is 8.60. The summed E-state index contributed by atoms with van der Waals surface area (Å²) < 4.78 is 4.52. The number of rotatable bonds is 8. The highest BCUT2D eigenvalue weighted by Gasteiger charge is 2.27.